The Labute approximate surface area is 155 Å². The lowest BCUT2D eigenvalue weighted by molar-refractivity contribution is 0.569. The highest BCUT2D eigenvalue weighted by Gasteiger charge is 2.26. The highest BCUT2D eigenvalue weighted by molar-refractivity contribution is 7.92. The fourth-order valence-electron chi connectivity index (χ4n) is 2.47. The molecule has 0 aliphatic heterocycles. The molecule has 134 valence electrons. The largest absolute Gasteiger partial charge is 0.264 e. The Kier molecular flexibility index (Phi) is 5.25. The Balaban J connectivity index is 2.11. The van der Waals surface area contributed by atoms with E-state index in [9.17, 15) is 17.2 Å². The van der Waals surface area contributed by atoms with Crippen molar-refractivity contribution in [3.05, 3.63) is 95.0 Å². The smallest absolute Gasteiger partial charge is 0.262 e. The van der Waals surface area contributed by atoms with Crippen LogP contribution in [0.2, 0.25) is 5.02 Å². The van der Waals surface area contributed by atoms with Gasteiger partial charge in [0.25, 0.3) is 10.0 Å². The second kappa shape index (κ2) is 7.43. The van der Waals surface area contributed by atoms with Crippen molar-refractivity contribution in [3.63, 3.8) is 0 Å². The van der Waals surface area contributed by atoms with Gasteiger partial charge in [-0.2, -0.15) is 0 Å². The third kappa shape index (κ3) is 3.86. The molecule has 0 bridgehead atoms. The molecule has 0 atom stereocenters. The van der Waals surface area contributed by atoms with Crippen LogP contribution in [-0.2, 0) is 16.6 Å². The van der Waals surface area contributed by atoms with E-state index >= 15 is 0 Å². The lowest BCUT2D eigenvalue weighted by Gasteiger charge is -2.25. The highest BCUT2D eigenvalue weighted by Crippen LogP contribution is 2.28. The van der Waals surface area contributed by atoms with E-state index < -0.39 is 21.7 Å². The van der Waals surface area contributed by atoms with Crippen molar-refractivity contribution in [2.75, 3.05) is 4.31 Å². The second-order valence-corrected chi connectivity index (χ2v) is 7.84. The van der Waals surface area contributed by atoms with Gasteiger partial charge in [0.05, 0.1) is 17.1 Å². The van der Waals surface area contributed by atoms with Gasteiger partial charge < -0.3 is 0 Å². The normalized spacial score (nSPS) is 11.3. The first kappa shape index (κ1) is 18.4. The predicted octanol–water partition coefficient (Wildman–Crippen LogP) is 5.01. The number of sulfonamides is 1. The quantitative estimate of drug-likeness (QED) is 0.610. The van der Waals surface area contributed by atoms with Crippen LogP contribution in [0, 0.1) is 11.6 Å². The van der Waals surface area contributed by atoms with E-state index in [2.05, 4.69) is 0 Å². The molecular weight excluding hydrogens is 380 g/mol. The molecule has 0 aromatic heterocycles. The maximum atomic E-state index is 14.1. The van der Waals surface area contributed by atoms with Gasteiger partial charge in [0.2, 0.25) is 0 Å². The first-order chi connectivity index (χ1) is 12.4. The van der Waals surface area contributed by atoms with E-state index in [-0.39, 0.29) is 22.7 Å². The zero-order valence-corrected chi connectivity index (χ0v) is 15.0. The summed E-state index contributed by atoms with van der Waals surface area (Å²) in [6.45, 7) is -0.302. The summed E-state index contributed by atoms with van der Waals surface area (Å²) in [4.78, 5) is 0.0579. The summed E-state index contributed by atoms with van der Waals surface area (Å²) < 4.78 is 54.6. The van der Waals surface area contributed by atoms with Crippen molar-refractivity contribution in [1.82, 2.24) is 0 Å². The van der Waals surface area contributed by atoms with Gasteiger partial charge in [-0.3, -0.25) is 4.31 Å². The zero-order chi connectivity index (χ0) is 18.7. The second-order valence-electron chi connectivity index (χ2n) is 5.54. The lowest BCUT2D eigenvalue weighted by atomic mass is 10.2. The van der Waals surface area contributed by atoms with Gasteiger partial charge in [-0.05, 0) is 36.4 Å². The van der Waals surface area contributed by atoms with E-state index in [1.165, 1.54) is 24.3 Å². The molecule has 0 aliphatic rings. The molecule has 0 N–H and O–H groups in total. The predicted molar refractivity (Wildman–Crippen MR) is 97.6 cm³/mol. The average Bonchev–Trinajstić information content (AvgIpc) is 2.61. The Morgan fingerprint density at radius 1 is 0.885 bits per heavy atom. The van der Waals surface area contributed by atoms with E-state index in [4.69, 9.17) is 11.6 Å². The fourth-order valence-corrected chi connectivity index (χ4v) is 4.11. The minimum atomic E-state index is -3.98. The molecule has 7 heteroatoms. The van der Waals surface area contributed by atoms with Crippen LogP contribution < -0.4 is 4.31 Å². The third-order valence-electron chi connectivity index (χ3n) is 3.76. The van der Waals surface area contributed by atoms with Crippen molar-refractivity contribution >= 4 is 27.3 Å². The van der Waals surface area contributed by atoms with Gasteiger partial charge in [-0.15, -0.1) is 0 Å². The molecule has 3 aromatic rings. The maximum Gasteiger partial charge on any atom is 0.264 e. The monoisotopic (exact) mass is 393 g/mol. The molecule has 0 radical (unpaired) electrons. The van der Waals surface area contributed by atoms with Gasteiger partial charge in [0.1, 0.15) is 11.6 Å². The molecule has 3 aromatic carbocycles. The Hall–Kier alpha value is -2.44. The van der Waals surface area contributed by atoms with Crippen LogP contribution in [0.1, 0.15) is 5.56 Å². The van der Waals surface area contributed by atoms with Crippen molar-refractivity contribution in [3.8, 4) is 0 Å². The lowest BCUT2D eigenvalue weighted by Crippen LogP contribution is -2.31. The summed E-state index contributed by atoms with van der Waals surface area (Å²) in [6.07, 6.45) is 0. The van der Waals surface area contributed by atoms with Crippen LogP contribution in [0.15, 0.2) is 77.7 Å². The molecule has 0 saturated heterocycles. The Morgan fingerprint density at radius 2 is 1.62 bits per heavy atom. The number of anilines is 1. The van der Waals surface area contributed by atoms with Gasteiger partial charge >= 0.3 is 0 Å². The van der Waals surface area contributed by atoms with Gasteiger partial charge in [-0.25, -0.2) is 17.2 Å². The summed E-state index contributed by atoms with van der Waals surface area (Å²) in [5.74, 6) is -1.55. The molecule has 3 nitrogen and oxygen atoms in total. The number of rotatable bonds is 5. The van der Waals surface area contributed by atoms with Crippen LogP contribution in [0.3, 0.4) is 0 Å². The standard InChI is InChI=1S/C19H14ClF2NO2S/c20-15-5-4-6-17(11-15)23(13-14-9-10-16(21)12-19(14)22)26(24,25)18-7-2-1-3-8-18/h1-12H,13H2. The van der Waals surface area contributed by atoms with Crippen LogP contribution in [-0.4, -0.2) is 8.42 Å². The van der Waals surface area contributed by atoms with Crippen molar-refractivity contribution in [2.45, 2.75) is 11.4 Å². The van der Waals surface area contributed by atoms with Crippen LogP contribution >= 0.6 is 11.6 Å². The van der Waals surface area contributed by atoms with Crippen LogP contribution in [0.4, 0.5) is 14.5 Å². The fraction of sp³-hybridized carbons (Fsp3) is 0.0526. The van der Waals surface area contributed by atoms with Crippen LogP contribution in [0.25, 0.3) is 0 Å². The molecule has 0 heterocycles. The van der Waals surface area contributed by atoms with Crippen LogP contribution in [0.5, 0.6) is 0 Å². The SMILES string of the molecule is O=S(=O)(c1ccccc1)N(Cc1ccc(F)cc1F)c1cccc(Cl)c1. The molecular formula is C19H14ClF2NO2S. The molecule has 0 fully saturated rings. The first-order valence-corrected chi connectivity index (χ1v) is 9.47. The van der Waals surface area contributed by atoms with E-state index in [0.29, 0.717) is 5.02 Å². The molecule has 0 saturated carbocycles. The molecule has 26 heavy (non-hydrogen) atoms. The topological polar surface area (TPSA) is 37.4 Å². The highest BCUT2D eigenvalue weighted by atomic mass is 35.5. The number of halogens is 3. The summed E-state index contributed by atoms with van der Waals surface area (Å²) in [5, 5.41) is 0.343. The maximum absolute atomic E-state index is 14.1. The summed E-state index contributed by atoms with van der Waals surface area (Å²) >= 11 is 5.99. The molecule has 0 spiro atoms. The van der Waals surface area contributed by atoms with Crippen molar-refractivity contribution in [2.24, 2.45) is 0 Å². The van der Waals surface area contributed by atoms with Gasteiger partial charge in [-0.1, -0.05) is 41.9 Å². The summed E-state index contributed by atoms with van der Waals surface area (Å²) in [5.41, 5.74) is 0.330. The molecule has 3 rings (SSSR count). The zero-order valence-electron chi connectivity index (χ0n) is 13.4. The summed E-state index contributed by atoms with van der Waals surface area (Å²) in [7, 11) is -3.98. The number of hydrogen-bond acceptors (Lipinski definition) is 2. The molecule has 0 amide bonds. The van der Waals surface area contributed by atoms with Gasteiger partial charge in [0.15, 0.2) is 0 Å². The molecule has 0 unspecified atom stereocenters. The minimum absolute atomic E-state index is 0.0471. The average molecular weight is 394 g/mol. The van der Waals surface area contributed by atoms with E-state index in [1.54, 1.807) is 36.4 Å². The molecule has 0 aliphatic carbocycles. The van der Waals surface area contributed by atoms with E-state index in [0.717, 1.165) is 16.4 Å². The number of hydrogen-bond donors (Lipinski definition) is 0. The Morgan fingerprint density at radius 3 is 2.27 bits per heavy atom. The first-order valence-electron chi connectivity index (χ1n) is 7.65. The summed E-state index contributed by atoms with van der Waals surface area (Å²) in [6, 6.07) is 17.1. The number of benzene rings is 3. The van der Waals surface area contributed by atoms with Crippen molar-refractivity contribution in [1.29, 1.82) is 0 Å². The third-order valence-corrected chi connectivity index (χ3v) is 5.78. The van der Waals surface area contributed by atoms with Crippen molar-refractivity contribution < 1.29 is 17.2 Å². The van der Waals surface area contributed by atoms with E-state index in [1.807, 2.05) is 0 Å². The number of nitrogens with zero attached hydrogens (tertiary/aromatic N) is 1. The Bertz CT molecular complexity index is 1030. The minimum Gasteiger partial charge on any atom is -0.262 e. The van der Waals surface area contributed by atoms with Gasteiger partial charge in [0, 0.05) is 16.7 Å².